The Morgan fingerprint density at radius 3 is 2.29 bits per heavy atom. The van der Waals surface area contributed by atoms with Gasteiger partial charge in [-0.05, 0) is 62.3 Å². The molecule has 0 aliphatic heterocycles. The van der Waals surface area contributed by atoms with E-state index >= 15 is 0 Å². The standard InChI is InChI=1S/C20H23N3O/c24-19(18-9-17(22-23-18)16-4-2-1-3-5-16)21-20-10-13-6-14(11-20)8-15(7-13)12-20/h1-5,9,13-15H,6-8,10-12H2,(H,21,24)(H,22,23). The fourth-order valence-corrected chi connectivity index (χ4v) is 5.77. The summed E-state index contributed by atoms with van der Waals surface area (Å²) >= 11 is 0. The van der Waals surface area contributed by atoms with Crippen LogP contribution in [0.3, 0.4) is 0 Å². The molecule has 1 aromatic carbocycles. The predicted molar refractivity (Wildman–Crippen MR) is 92.4 cm³/mol. The van der Waals surface area contributed by atoms with Crippen LogP contribution in [0.15, 0.2) is 36.4 Å². The number of nitrogens with zero attached hydrogens (tertiary/aromatic N) is 1. The number of H-pyrrole nitrogens is 1. The Morgan fingerprint density at radius 1 is 1.04 bits per heavy atom. The molecule has 6 rings (SSSR count). The molecule has 0 saturated heterocycles. The summed E-state index contributed by atoms with van der Waals surface area (Å²) < 4.78 is 0. The molecule has 0 unspecified atom stereocenters. The molecular weight excluding hydrogens is 298 g/mol. The number of aromatic amines is 1. The number of hydrogen-bond acceptors (Lipinski definition) is 2. The van der Waals surface area contributed by atoms with E-state index in [1.54, 1.807) is 0 Å². The first kappa shape index (κ1) is 14.3. The average molecular weight is 321 g/mol. The lowest BCUT2D eigenvalue weighted by molar-refractivity contribution is -0.0167. The molecule has 24 heavy (non-hydrogen) atoms. The van der Waals surface area contributed by atoms with Gasteiger partial charge in [-0.3, -0.25) is 9.89 Å². The van der Waals surface area contributed by atoms with E-state index in [1.807, 2.05) is 36.4 Å². The van der Waals surface area contributed by atoms with Crippen LogP contribution in [0.25, 0.3) is 11.3 Å². The normalized spacial score (nSPS) is 33.6. The number of hydrogen-bond donors (Lipinski definition) is 2. The van der Waals surface area contributed by atoms with Gasteiger partial charge in [0.25, 0.3) is 5.91 Å². The molecule has 4 nitrogen and oxygen atoms in total. The second kappa shape index (κ2) is 5.20. The highest BCUT2D eigenvalue weighted by molar-refractivity contribution is 5.93. The molecule has 0 atom stereocenters. The molecule has 0 radical (unpaired) electrons. The lowest BCUT2D eigenvalue weighted by Gasteiger charge is -2.56. The van der Waals surface area contributed by atoms with Crippen LogP contribution in [0.1, 0.15) is 49.0 Å². The third-order valence-electron chi connectivity index (χ3n) is 6.31. The molecular formula is C20H23N3O. The zero-order valence-electron chi connectivity index (χ0n) is 13.8. The lowest BCUT2D eigenvalue weighted by atomic mass is 9.53. The zero-order chi connectivity index (χ0) is 16.1. The van der Waals surface area contributed by atoms with Gasteiger partial charge in [0.05, 0.1) is 5.69 Å². The molecule has 4 saturated carbocycles. The first-order valence-electron chi connectivity index (χ1n) is 9.12. The van der Waals surface area contributed by atoms with Crippen LogP contribution in [0, 0.1) is 17.8 Å². The molecule has 4 fully saturated rings. The predicted octanol–water partition coefficient (Wildman–Crippen LogP) is 3.78. The summed E-state index contributed by atoms with van der Waals surface area (Å²) in [5.41, 5.74) is 2.47. The second-order valence-corrected chi connectivity index (χ2v) is 8.18. The number of rotatable bonds is 3. The van der Waals surface area contributed by atoms with Gasteiger partial charge in [-0.15, -0.1) is 0 Å². The Balaban J connectivity index is 1.35. The van der Waals surface area contributed by atoms with Crippen molar-refractivity contribution >= 4 is 5.91 Å². The van der Waals surface area contributed by atoms with Gasteiger partial charge in [0.2, 0.25) is 0 Å². The Morgan fingerprint density at radius 2 is 1.67 bits per heavy atom. The summed E-state index contributed by atoms with van der Waals surface area (Å²) in [5, 5.41) is 10.6. The summed E-state index contributed by atoms with van der Waals surface area (Å²) in [6, 6.07) is 11.8. The zero-order valence-corrected chi connectivity index (χ0v) is 13.8. The van der Waals surface area contributed by atoms with E-state index in [4.69, 9.17) is 0 Å². The SMILES string of the molecule is O=C(NC12CC3CC(CC(C3)C1)C2)c1cc(-c2ccccc2)n[nH]1. The van der Waals surface area contributed by atoms with Crippen molar-refractivity contribution in [2.75, 3.05) is 0 Å². The Bertz CT molecular complexity index is 729. The highest BCUT2D eigenvalue weighted by Gasteiger charge is 2.51. The topological polar surface area (TPSA) is 57.8 Å². The van der Waals surface area contributed by atoms with Crippen molar-refractivity contribution in [1.82, 2.24) is 15.5 Å². The maximum absolute atomic E-state index is 12.8. The van der Waals surface area contributed by atoms with Crippen LogP contribution in [-0.2, 0) is 0 Å². The smallest absolute Gasteiger partial charge is 0.269 e. The van der Waals surface area contributed by atoms with Crippen molar-refractivity contribution < 1.29 is 4.79 Å². The van der Waals surface area contributed by atoms with E-state index in [2.05, 4.69) is 15.5 Å². The van der Waals surface area contributed by atoms with E-state index < -0.39 is 0 Å². The molecule has 1 amide bonds. The van der Waals surface area contributed by atoms with Gasteiger partial charge >= 0.3 is 0 Å². The molecule has 2 aromatic rings. The van der Waals surface area contributed by atoms with Gasteiger partial charge in [0.15, 0.2) is 0 Å². The van der Waals surface area contributed by atoms with Crippen molar-refractivity contribution in [3.05, 3.63) is 42.1 Å². The quantitative estimate of drug-likeness (QED) is 0.904. The fraction of sp³-hybridized carbons (Fsp3) is 0.500. The summed E-state index contributed by atoms with van der Waals surface area (Å²) in [7, 11) is 0. The number of aromatic nitrogens is 2. The molecule has 4 aliphatic rings. The van der Waals surface area contributed by atoms with E-state index in [0.717, 1.165) is 29.0 Å². The van der Waals surface area contributed by atoms with Gasteiger partial charge in [-0.1, -0.05) is 30.3 Å². The van der Waals surface area contributed by atoms with E-state index in [-0.39, 0.29) is 11.4 Å². The Kier molecular flexibility index (Phi) is 3.09. The Labute approximate surface area is 142 Å². The van der Waals surface area contributed by atoms with Crippen LogP contribution in [0.5, 0.6) is 0 Å². The second-order valence-electron chi connectivity index (χ2n) is 8.18. The van der Waals surface area contributed by atoms with Crippen molar-refractivity contribution in [1.29, 1.82) is 0 Å². The van der Waals surface area contributed by atoms with Crippen molar-refractivity contribution in [3.8, 4) is 11.3 Å². The molecule has 4 aliphatic carbocycles. The first-order chi connectivity index (χ1) is 11.7. The van der Waals surface area contributed by atoms with Gasteiger partial charge in [-0.25, -0.2) is 0 Å². The van der Waals surface area contributed by atoms with Gasteiger partial charge < -0.3 is 5.32 Å². The number of amides is 1. The van der Waals surface area contributed by atoms with Crippen molar-refractivity contribution in [3.63, 3.8) is 0 Å². The minimum atomic E-state index is 0.00614. The lowest BCUT2D eigenvalue weighted by Crippen LogP contribution is -2.59. The average Bonchev–Trinajstić information content (AvgIpc) is 3.04. The van der Waals surface area contributed by atoms with E-state index in [9.17, 15) is 4.79 Å². The first-order valence-corrected chi connectivity index (χ1v) is 9.12. The summed E-state index contributed by atoms with van der Waals surface area (Å²) in [6.07, 6.45) is 7.67. The van der Waals surface area contributed by atoms with Crippen LogP contribution in [-0.4, -0.2) is 21.6 Å². The van der Waals surface area contributed by atoms with Crippen LogP contribution in [0.4, 0.5) is 0 Å². The Hall–Kier alpha value is -2.10. The van der Waals surface area contributed by atoms with Gasteiger partial charge in [0, 0.05) is 11.1 Å². The number of nitrogens with one attached hydrogen (secondary N) is 2. The molecule has 2 N–H and O–H groups in total. The highest BCUT2D eigenvalue weighted by atomic mass is 16.2. The molecule has 1 heterocycles. The largest absolute Gasteiger partial charge is 0.345 e. The molecule has 4 bridgehead atoms. The maximum atomic E-state index is 12.8. The third kappa shape index (κ3) is 2.36. The minimum Gasteiger partial charge on any atom is -0.345 e. The molecule has 0 spiro atoms. The van der Waals surface area contributed by atoms with Crippen molar-refractivity contribution in [2.24, 2.45) is 17.8 Å². The molecule has 1 aromatic heterocycles. The van der Waals surface area contributed by atoms with E-state index in [0.29, 0.717) is 5.69 Å². The van der Waals surface area contributed by atoms with Gasteiger partial charge in [0.1, 0.15) is 5.69 Å². The maximum Gasteiger partial charge on any atom is 0.269 e. The highest BCUT2D eigenvalue weighted by Crippen LogP contribution is 2.55. The third-order valence-corrected chi connectivity index (χ3v) is 6.31. The van der Waals surface area contributed by atoms with Crippen LogP contribution < -0.4 is 5.32 Å². The molecule has 4 heteroatoms. The molecule has 124 valence electrons. The summed E-state index contributed by atoms with van der Waals surface area (Å²) in [5.74, 6) is 2.50. The monoisotopic (exact) mass is 321 g/mol. The minimum absolute atomic E-state index is 0.00614. The number of carbonyl (C=O) groups is 1. The number of benzene rings is 1. The summed E-state index contributed by atoms with van der Waals surface area (Å²) in [6.45, 7) is 0. The summed E-state index contributed by atoms with van der Waals surface area (Å²) in [4.78, 5) is 12.8. The van der Waals surface area contributed by atoms with Crippen molar-refractivity contribution in [2.45, 2.75) is 44.1 Å². The van der Waals surface area contributed by atoms with Crippen LogP contribution >= 0.6 is 0 Å². The number of carbonyl (C=O) groups excluding carboxylic acids is 1. The van der Waals surface area contributed by atoms with Crippen LogP contribution in [0.2, 0.25) is 0 Å². The van der Waals surface area contributed by atoms with Gasteiger partial charge in [-0.2, -0.15) is 5.10 Å². The fourth-order valence-electron chi connectivity index (χ4n) is 5.77. The van der Waals surface area contributed by atoms with E-state index in [1.165, 1.54) is 38.5 Å².